The molecule has 0 unspecified atom stereocenters. The molecule has 132 valence electrons. The molecular formula is C18H25NO5. The van der Waals surface area contributed by atoms with Crippen LogP contribution in [0.2, 0.25) is 0 Å². The number of amides is 1. The Hall–Kier alpha value is -2.24. The average Bonchev–Trinajstić information content (AvgIpc) is 2.55. The molecule has 24 heavy (non-hydrogen) atoms. The van der Waals surface area contributed by atoms with Crippen LogP contribution in [0.1, 0.15) is 45.1 Å². The Bertz CT molecular complexity index is 599. The first-order chi connectivity index (χ1) is 11.3. The Morgan fingerprint density at radius 2 is 2.12 bits per heavy atom. The fraction of sp³-hybridized carbons (Fsp3) is 0.556. The maximum Gasteiger partial charge on any atom is 0.409 e. The summed E-state index contributed by atoms with van der Waals surface area (Å²) in [5.41, 5.74) is -0.245. The Balaban J connectivity index is 2.10. The molecule has 0 aromatic heterocycles. The molecule has 1 aromatic rings. The number of hydrogen-bond acceptors (Lipinski definition) is 4. The van der Waals surface area contributed by atoms with E-state index in [0.29, 0.717) is 25.4 Å². The summed E-state index contributed by atoms with van der Waals surface area (Å²) in [4.78, 5) is 24.9. The highest BCUT2D eigenvalue weighted by Crippen LogP contribution is 2.30. The summed E-state index contributed by atoms with van der Waals surface area (Å²) < 4.78 is 10.7. The van der Waals surface area contributed by atoms with Gasteiger partial charge in [-0.1, -0.05) is 12.1 Å². The van der Waals surface area contributed by atoms with Crippen LogP contribution in [0.4, 0.5) is 4.79 Å². The summed E-state index contributed by atoms with van der Waals surface area (Å²) >= 11 is 0. The lowest BCUT2D eigenvalue weighted by molar-refractivity contribution is -0.152. The highest BCUT2D eigenvalue weighted by molar-refractivity contribution is 5.76. The molecule has 1 aromatic carbocycles. The van der Waals surface area contributed by atoms with Gasteiger partial charge in [-0.15, -0.1) is 0 Å². The summed E-state index contributed by atoms with van der Waals surface area (Å²) in [5, 5.41) is 9.18. The second-order valence-corrected chi connectivity index (χ2v) is 6.47. The number of piperidine rings is 1. The van der Waals surface area contributed by atoms with Gasteiger partial charge in [-0.25, -0.2) is 9.59 Å². The SMILES string of the molecule is CCOC(=O)N1CCC[C@@H](c2cccc(OC(C)(C)C(=O)O)c2)C1. The quantitative estimate of drug-likeness (QED) is 0.894. The molecule has 0 radical (unpaired) electrons. The zero-order valence-corrected chi connectivity index (χ0v) is 14.4. The van der Waals surface area contributed by atoms with E-state index in [9.17, 15) is 14.7 Å². The molecule has 1 saturated heterocycles. The third-order valence-electron chi connectivity index (χ3n) is 4.16. The van der Waals surface area contributed by atoms with E-state index >= 15 is 0 Å². The van der Waals surface area contributed by atoms with Crippen molar-refractivity contribution in [2.24, 2.45) is 0 Å². The van der Waals surface area contributed by atoms with Crippen LogP contribution >= 0.6 is 0 Å². The van der Waals surface area contributed by atoms with Crippen molar-refractivity contribution in [2.45, 2.75) is 45.1 Å². The highest BCUT2D eigenvalue weighted by atomic mass is 16.6. The van der Waals surface area contributed by atoms with Crippen LogP contribution in [0.5, 0.6) is 5.75 Å². The lowest BCUT2D eigenvalue weighted by Crippen LogP contribution is -2.39. The molecule has 0 saturated carbocycles. The van der Waals surface area contributed by atoms with Crippen molar-refractivity contribution in [1.29, 1.82) is 0 Å². The molecule has 1 atom stereocenters. The molecule has 1 fully saturated rings. The molecular weight excluding hydrogens is 310 g/mol. The lowest BCUT2D eigenvalue weighted by Gasteiger charge is -2.32. The fourth-order valence-electron chi connectivity index (χ4n) is 2.80. The van der Waals surface area contributed by atoms with E-state index in [2.05, 4.69) is 0 Å². The second-order valence-electron chi connectivity index (χ2n) is 6.47. The summed E-state index contributed by atoms with van der Waals surface area (Å²) in [7, 11) is 0. The van der Waals surface area contributed by atoms with E-state index in [1.165, 1.54) is 13.8 Å². The Morgan fingerprint density at radius 1 is 1.38 bits per heavy atom. The lowest BCUT2D eigenvalue weighted by atomic mass is 9.90. The van der Waals surface area contributed by atoms with Gasteiger partial charge < -0.3 is 19.5 Å². The number of carbonyl (C=O) groups excluding carboxylic acids is 1. The van der Waals surface area contributed by atoms with Gasteiger partial charge in [-0.3, -0.25) is 0 Å². The van der Waals surface area contributed by atoms with E-state index in [4.69, 9.17) is 9.47 Å². The number of likely N-dealkylation sites (tertiary alicyclic amines) is 1. The van der Waals surface area contributed by atoms with Gasteiger partial charge in [0.15, 0.2) is 5.60 Å². The summed E-state index contributed by atoms with van der Waals surface area (Å²) in [6.45, 7) is 6.51. The molecule has 0 aliphatic carbocycles. The van der Waals surface area contributed by atoms with Gasteiger partial charge in [-0.05, 0) is 51.3 Å². The number of ether oxygens (including phenoxy) is 2. The Morgan fingerprint density at radius 3 is 2.79 bits per heavy atom. The molecule has 6 nitrogen and oxygen atoms in total. The second kappa shape index (κ2) is 7.55. The first kappa shape index (κ1) is 18.1. The molecule has 1 aliphatic heterocycles. The molecule has 0 bridgehead atoms. The first-order valence-electron chi connectivity index (χ1n) is 8.27. The van der Waals surface area contributed by atoms with E-state index < -0.39 is 11.6 Å². The van der Waals surface area contributed by atoms with Crippen molar-refractivity contribution >= 4 is 12.1 Å². The number of carbonyl (C=O) groups is 2. The van der Waals surface area contributed by atoms with E-state index in [1.54, 1.807) is 17.9 Å². The minimum absolute atomic E-state index is 0.194. The molecule has 6 heteroatoms. The highest BCUT2D eigenvalue weighted by Gasteiger charge is 2.30. The van der Waals surface area contributed by atoms with Gasteiger partial charge >= 0.3 is 12.1 Å². The molecule has 1 N–H and O–H groups in total. The number of nitrogens with zero attached hydrogens (tertiary/aromatic N) is 1. The third-order valence-corrected chi connectivity index (χ3v) is 4.16. The standard InChI is InChI=1S/C18H25NO5/c1-4-23-17(22)19-10-6-8-14(12-19)13-7-5-9-15(11-13)24-18(2,3)16(20)21/h5,7,9,11,14H,4,6,8,10,12H2,1-3H3,(H,20,21)/t14-/m1/s1. The van der Waals surface area contributed by atoms with Crippen LogP contribution in [0.3, 0.4) is 0 Å². The first-order valence-corrected chi connectivity index (χ1v) is 8.27. The molecule has 1 amide bonds. The number of carboxylic acid groups (broad SMARTS) is 1. The molecule has 2 rings (SSSR count). The fourth-order valence-corrected chi connectivity index (χ4v) is 2.80. The summed E-state index contributed by atoms with van der Waals surface area (Å²) in [5.74, 6) is -0.299. The predicted octanol–water partition coefficient (Wildman–Crippen LogP) is 3.26. The van der Waals surface area contributed by atoms with Gasteiger partial charge in [0.05, 0.1) is 6.61 Å². The zero-order chi connectivity index (χ0) is 17.7. The van der Waals surface area contributed by atoms with Gasteiger partial charge in [0.25, 0.3) is 0 Å². The number of benzene rings is 1. The van der Waals surface area contributed by atoms with Crippen LogP contribution in [0, 0.1) is 0 Å². The Labute approximate surface area is 142 Å². The number of aliphatic carboxylic acids is 1. The van der Waals surface area contributed by atoms with Crippen molar-refractivity contribution in [3.05, 3.63) is 29.8 Å². The smallest absolute Gasteiger partial charge is 0.409 e. The average molecular weight is 335 g/mol. The number of hydrogen-bond donors (Lipinski definition) is 1. The van der Waals surface area contributed by atoms with Gasteiger partial charge in [0, 0.05) is 19.0 Å². The largest absolute Gasteiger partial charge is 0.478 e. The van der Waals surface area contributed by atoms with Crippen molar-refractivity contribution < 1.29 is 24.2 Å². The van der Waals surface area contributed by atoms with Crippen molar-refractivity contribution in [1.82, 2.24) is 4.90 Å². The van der Waals surface area contributed by atoms with Crippen LogP contribution in [-0.2, 0) is 9.53 Å². The van der Waals surface area contributed by atoms with Crippen LogP contribution in [0.25, 0.3) is 0 Å². The monoisotopic (exact) mass is 335 g/mol. The normalized spacial score (nSPS) is 18.1. The summed E-state index contributed by atoms with van der Waals surface area (Å²) in [6.07, 6.45) is 1.61. The minimum Gasteiger partial charge on any atom is -0.478 e. The van der Waals surface area contributed by atoms with E-state index in [0.717, 1.165) is 18.4 Å². The van der Waals surface area contributed by atoms with Crippen molar-refractivity contribution in [2.75, 3.05) is 19.7 Å². The van der Waals surface area contributed by atoms with E-state index in [-0.39, 0.29) is 12.0 Å². The topological polar surface area (TPSA) is 76.1 Å². The van der Waals surface area contributed by atoms with Gasteiger partial charge in [0.2, 0.25) is 0 Å². The predicted molar refractivity (Wildman–Crippen MR) is 89.4 cm³/mol. The zero-order valence-electron chi connectivity index (χ0n) is 14.4. The van der Waals surface area contributed by atoms with Crippen molar-refractivity contribution in [3.63, 3.8) is 0 Å². The van der Waals surface area contributed by atoms with E-state index in [1.807, 2.05) is 18.2 Å². The molecule has 1 heterocycles. The summed E-state index contributed by atoms with van der Waals surface area (Å²) in [6, 6.07) is 7.45. The third kappa shape index (κ3) is 4.40. The molecule has 1 aliphatic rings. The maximum absolute atomic E-state index is 11.9. The van der Waals surface area contributed by atoms with Gasteiger partial charge in [-0.2, -0.15) is 0 Å². The Kier molecular flexibility index (Phi) is 5.70. The van der Waals surface area contributed by atoms with Crippen LogP contribution in [0.15, 0.2) is 24.3 Å². The number of carboxylic acids is 1. The van der Waals surface area contributed by atoms with Crippen LogP contribution < -0.4 is 4.74 Å². The number of rotatable bonds is 5. The maximum atomic E-state index is 11.9. The van der Waals surface area contributed by atoms with Crippen LogP contribution in [-0.4, -0.2) is 47.4 Å². The molecule has 0 spiro atoms. The van der Waals surface area contributed by atoms with Gasteiger partial charge in [0.1, 0.15) is 5.75 Å². The minimum atomic E-state index is -1.29. The van der Waals surface area contributed by atoms with Crippen molar-refractivity contribution in [3.8, 4) is 5.75 Å².